The van der Waals surface area contributed by atoms with Gasteiger partial charge in [-0.2, -0.15) is 0 Å². The van der Waals surface area contributed by atoms with Crippen LogP contribution in [0, 0.1) is 0 Å². The minimum absolute atomic E-state index is 0.885. The summed E-state index contributed by atoms with van der Waals surface area (Å²) in [5.74, 6) is 0. The maximum Gasteiger partial charge on any atom is 0.0854 e. The van der Waals surface area contributed by atoms with Gasteiger partial charge in [0.15, 0.2) is 0 Å². The van der Waals surface area contributed by atoms with Crippen LogP contribution in [0.25, 0.3) is 33.0 Å². The minimum atomic E-state index is 0.885. The van der Waals surface area contributed by atoms with Crippen LogP contribution >= 0.6 is 0 Å². The molecule has 0 bridgehead atoms. The molecule has 4 aromatic rings. The first-order chi connectivity index (χ1) is 15.2. The Kier molecular flexibility index (Phi) is 6.23. The van der Waals surface area contributed by atoms with Crippen molar-refractivity contribution in [1.29, 1.82) is 0 Å². The molecule has 0 amide bonds. The number of nitrogens with zero attached hydrogens (tertiary/aromatic N) is 2. The predicted molar refractivity (Wildman–Crippen MR) is 137 cm³/mol. The lowest BCUT2D eigenvalue weighted by Gasteiger charge is -2.12. The summed E-state index contributed by atoms with van der Waals surface area (Å²) in [6, 6.07) is 27.7. The van der Waals surface area contributed by atoms with E-state index in [1.807, 2.05) is 18.2 Å². The van der Waals surface area contributed by atoms with E-state index in [9.17, 15) is 0 Å². The van der Waals surface area contributed by atoms with Gasteiger partial charge in [0.05, 0.1) is 17.1 Å². The first-order valence-corrected chi connectivity index (χ1v) is 10.7. The average molecular weight is 406 g/mol. The van der Waals surface area contributed by atoms with Crippen LogP contribution in [0.2, 0.25) is 0 Å². The summed E-state index contributed by atoms with van der Waals surface area (Å²) in [7, 11) is 0. The van der Waals surface area contributed by atoms with Gasteiger partial charge in [-0.1, -0.05) is 55.8 Å². The summed E-state index contributed by atoms with van der Waals surface area (Å²) in [5.41, 5.74) is 7.54. The monoisotopic (exact) mass is 405 g/mol. The predicted octanol–water partition coefficient (Wildman–Crippen LogP) is 8.05. The minimum Gasteiger partial charge on any atom is -0.383 e. The van der Waals surface area contributed by atoms with Gasteiger partial charge in [0.25, 0.3) is 0 Å². The van der Waals surface area contributed by atoms with E-state index in [0.29, 0.717) is 0 Å². The number of rotatable bonds is 8. The van der Waals surface area contributed by atoms with E-state index in [-0.39, 0.29) is 0 Å². The molecule has 3 heteroatoms. The lowest BCUT2D eigenvalue weighted by Crippen LogP contribution is -2.01. The average Bonchev–Trinajstić information content (AvgIpc) is 2.83. The third-order valence-electron chi connectivity index (χ3n) is 5.57. The zero-order chi connectivity index (χ0) is 21.6. The third-order valence-corrected chi connectivity index (χ3v) is 5.57. The van der Waals surface area contributed by atoms with Crippen molar-refractivity contribution in [2.45, 2.75) is 19.8 Å². The fourth-order valence-corrected chi connectivity index (χ4v) is 3.76. The quantitative estimate of drug-likeness (QED) is 0.234. The second-order valence-corrected chi connectivity index (χ2v) is 7.65. The fraction of sp³-hybridized carbons (Fsp3) is 0.143. The molecule has 0 saturated carbocycles. The van der Waals surface area contributed by atoms with Crippen molar-refractivity contribution in [3.63, 3.8) is 0 Å². The summed E-state index contributed by atoms with van der Waals surface area (Å²) in [6.45, 7) is 10.4. The number of benzene rings is 4. The molecule has 0 unspecified atom stereocenters. The van der Waals surface area contributed by atoms with E-state index >= 15 is 0 Å². The van der Waals surface area contributed by atoms with E-state index in [4.69, 9.17) is 0 Å². The van der Waals surface area contributed by atoms with Crippen LogP contribution in [-0.4, -0.2) is 20.0 Å². The molecule has 0 aromatic heterocycles. The molecule has 0 spiro atoms. The Labute approximate surface area is 184 Å². The maximum absolute atomic E-state index is 4.16. The standard InChI is InChI=1S/C28H27N3/c1-4-5-16-31-28-19-25(12-15-27(28)30-3)24-9-8-22-17-21(6-7-23(22)18-24)20-10-13-26(29-2)14-11-20/h6-15,17-19,31H,2-5,16H2,1H3. The molecular weight excluding hydrogens is 378 g/mol. The molecule has 3 nitrogen and oxygen atoms in total. The summed E-state index contributed by atoms with van der Waals surface area (Å²) in [4.78, 5) is 8.13. The number of aliphatic imine (C=N–C) groups is 2. The molecule has 0 fully saturated rings. The largest absolute Gasteiger partial charge is 0.383 e. The third kappa shape index (κ3) is 4.56. The number of fused-ring (bicyclic) bond motifs is 1. The van der Waals surface area contributed by atoms with Crippen LogP contribution in [0.15, 0.2) is 88.8 Å². The lowest BCUT2D eigenvalue weighted by atomic mass is 9.97. The molecule has 31 heavy (non-hydrogen) atoms. The normalized spacial score (nSPS) is 10.7. The molecule has 0 heterocycles. The van der Waals surface area contributed by atoms with Crippen molar-refractivity contribution in [3.05, 3.63) is 78.9 Å². The molecule has 0 aliphatic rings. The van der Waals surface area contributed by atoms with Crippen molar-refractivity contribution < 1.29 is 0 Å². The van der Waals surface area contributed by atoms with Crippen molar-refractivity contribution >= 4 is 41.3 Å². The van der Waals surface area contributed by atoms with Crippen LogP contribution in [-0.2, 0) is 0 Å². The van der Waals surface area contributed by atoms with E-state index in [2.05, 4.69) is 96.3 Å². The Morgan fingerprint density at radius 3 is 1.87 bits per heavy atom. The lowest BCUT2D eigenvalue weighted by molar-refractivity contribution is 0.834. The van der Waals surface area contributed by atoms with Crippen LogP contribution in [0.5, 0.6) is 0 Å². The zero-order valence-corrected chi connectivity index (χ0v) is 17.9. The Morgan fingerprint density at radius 1 is 0.677 bits per heavy atom. The maximum atomic E-state index is 4.16. The highest BCUT2D eigenvalue weighted by Gasteiger charge is 2.07. The molecule has 4 rings (SSSR count). The number of anilines is 1. The number of unbranched alkanes of at least 4 members (excludes halogenated alkanes) is 1. The van der Waals surface area contributed by atoms with Gasteiger partial charge in [-0.3, -0.25) is 9.98 Å². The first-order valence-electron chi connectivity index (χ1n) is 10.7. The van der Waals surface area contributed by atoms with Crippen LogP contribution in [0.4, 0.5) is 17.1 Å². The first kappa shape index (κ1) is 20.5. The fourth-order valence-electron chi connectivity index (χ4n) is 3.76. The second kappa shape index (κ2) is 9.40. The summed E-state index contributed by atoms with van der Waals surface area (Å²) in [6.07, 6.45) is 2.29. The van der Waals surface area contributed by atoms with Crippen LogP contribution in [0.3, 0.4) is 0 Å². The smallest absolute Gasteiger partial charge is 0.0854 e. The van der Waals surface area contributed by atoms with Gasteiger partial charge in [-0.15, -0.1) is 0 Å². The molecular formula is C28H27N3. The van der Waals surface area contributed by atoms with Crippen LogP contribution < -0.4 is 5.32 Å². The van der Waals surface area contributed by atoms with Gasteiger partial charge in [0.1, 0.15) is 0 Å². The van der Waals surface area contributed by atoms with Gasteiger partial charge in [0, 0.05) is 6.54 Å². The van der Waals surface area contributed by atoms with E-state index < -0.39 is 0 Å². The molecule has 154 valence electrons. The Bertz CT molecular complexity index is 1220. The van der Waals surface area contributed by atoms with Gasteiger partial charge in [-0.05, 0) is 89.3 Å². The van der Waals surface area contributed by atoms with Gasteiger partial charge in [0.2, 0.25) is 0 Å². The molecule has 0 aliphatic carbocycles. The molecule has 0 atom stereocenters. The second-order valence-electron chi connectivity index (χ2n) is 7.65. The molecule has 4 aromatic carbocycles. The molecule has 0 radical (unpaired) electrons. The van der Waals surface area contributed by atoms with Crippen molar-refractivity contribution in [3.8, 4) is 22.3 Å². The number of nitrogens with one attached hydrogen (secondary N) is 1. The SMILES string of the molecule is C=Nc1ccc(-c2ccc3cc(-c4ccc(N=C)c(NCCCC)c4)ccc3c2)cc1. The highest BCUT2D eigenvalue weighted by atomic mass is 14.9. The highest BCUT2D eigenvalue weighted by molar-refractivity contribution is 5.91. The van der Waals surface area contributed by atoms with Crippen molar-refractivity contribution in [2.24, 2.45) is 9.98 Å². The van der Waals surface area contributed by atoms with E-state index in [1.165, 1.54) is 33.0 Å². The van der Waals surface area contributed by atoms with Gasteiger partial charge >= 0.3 is 0 Å². The summed E-state index contributed by atoms with van der Waals surface area (Å²) >= 11 is 0. The zero-order valence-electron chi connectivity index (χ0n) is 17.9. The molecule has 0 saturated heterocycles. The number of hydrogen-bond acceptors (Lipinski definition) is 3. The topological polar surface area (TPSA) is 36.8 Å². The Hall–Kier alpha value is -3.72. The Balaban J connectivity index is 1.65. The van der Waals surface area contributed by atoms with E-state index in [1.54, 1.807) is 0 Å². The highest BCUT2D eigenvalue weighted by Crippen LogP contribution is 2.33. The summed E-state index contributed by atoms with van der Waals surface area (Å²) < 4.78 is 0. The van der Waals surface area contributed by atoms with Crippen molar-refractivity contribution in [1.82, 2.24) is 0 Å². The van der Waals surface area contributed by atoms with Gasteiger partial charge < -0.3 is 5.32 Å². The Morgan fingerprint density at radius 2 is 1.26 bits per heavy atom. The molecule has 0 aliphatic heterocycles. The summed E-state index contributed by atoms with van der Waals surface area (Å²) in [5, 5.41) is 5.94. The van der Waals surface area contributed by atoms with Crippen molar-refractivity contribution in [2.75, 3.05) is 11.9 Å². The number of hydrogen-bond donors (Lipinski definition) is 1. The van der Waals surface area contributed by atoms with Gasteiger partial charge in [-0.25, -0.2) is 0 Å². The van der Waals surface area contributed by atoms with E-state index in [0.717, 1.165) is 36.4 Å². The van der Waals surface area contributed by atoms with Crippen LogP contribution in [0.1, 0.15) is 19.8 Å². The molecule has 1 N–H and O–H groups in total.